The van der Waals surface area contributed by atoms with Crippen LogP contribution in [-0.4, -0.2) is 17.5 Å². The van der Waals surface area contributed by atoms with Crippen LogP contribution in [0.4, 0.5) is 5.69 Å². The van der Waals surface area contributed by atoms with E-state index in [1.807, 2.05) is 6.92 Å². The number of aryl methyl sites for hydroxylation is 1. The molecule has 0 atom stereocenters. The summed E-state index contributed by atoms with van der Waals surface area (Å²) < 4.78 is 6.08. The Morgan fingerprint density at radius 2 is 2.20 bits per heavy atom. The molecule has 2 aromatic rings. The number of pyridine rings is 1. The van der Waals surface area contributed by atoms with Crippen LogP contribution in [0.2, 0.25) is 5.02 Å². The lowest BCUT2D eigenvalue weighted by Crippen LogP contribution is -2.20. The molecule has 0 saturated carbocycles. The molecule has 0 aliphatic carbocycles. The molecule has 0 bridgehead atoms. The predicted octanol–water partition coefficient (Wildman–Crippen LogP) is 3.82. The number of nitrogens with one attached hydrogen (secondary N) is 1. The highest BCUT2D eigenvalue weighted by Gasteiger charge is 2.07. The van der Waals surface area contributed by atoms with Crippen LogP contribution < -0.4 is 10.1 Å². The number of amides is 1. The molecule has 0 unspecified atom stereocenters. The van der Waals surface area contributed by atoms with E-state index in [1.165, 1.54) is 0 Å². The van der Waals surface area contributed by atoms with Gasteiger partial charge in [0.05, 0.1) is 11.4 Å². The van der Waals surface area contributed by atoms with Gasteiger partial charge in [-0.25, -0.2) is 4.98 Å². The summed E-state index contributed by atoms with van der Waals surface area (Å²) >= 11 is 9.10. The summed E-state index contributed by atoms with van der Waals surface area (Å²) in [6, 6.07) is 10.4. The van der Waals surface area contributed by atoms with Crippen molar-refractivity contribution in [3.8, 4) is 5.75 Å². The van der Waals surface area contributed by atoms with Crippen LogP contribution in [0.3, 0.4) is 0 Å². The Hall–Kier alpha value is -1.59. The number of carbonyl (C=O) groups excluding carboxylic acids is 1. The molecule has 0 saturated heterocycles. The zero-order chi connectivity index (χ0) is 14.5. The first-order chi connectivity index (χ1) is 9.54. The van der Waals surface area contributed by atoms with E-state index >= 15 is 0 Å². The maximum absolute atomic E-state index is 11.8. The zero-order valence-corrected chi connectivity index (χ0v) is 13.0. The van der Waals surface area contributed by atoms with Crippen molar-refractivity contribution in [2.45, 2.75) is 6.92 Å². The van der Waals surface area contributed by atoms with Gasteiger partial charge in [0.25, 0.3) is 5.91 Å². The van der Waals surface area contributed by atoms with Gasteiger partial charge in [-0.15, -0.1) is 0 Å². The Bertz CT molecular complexity index is 634. The molecule has 0 aliphatic rings. The Morgan fingerprint density at radius 1 is 1.40 bits per heavy atom. The fourth-order valence-electron chi connectivity index (χ4n) is 1.55. The maximum atomic E-state index is 11.8. The topological polar surface area (TPSA) is 51.2 Å². The average molecular weight is 356 g/mol. The van der Waals surface area contributed by atoms with Gasteiger partial charge in [0.2, 0.25) is 0 Å². The third-order valence-corrected chi connectivity index (χ3v) is 3.17. The van der Waals surface area contributed by atoms with Gasteiger partial charge in [0.15, 0.2) is 6.61 Å². The zero-order valence-electron chi connectivity index (χ0n) is 10.7. The van der Waals surface area contributed by atoms with Crippen LogP contribution in [0.5, 0.6) is 5.75 Å². The Balaban J connectivity index is 1.92. The highest BCUT2D eigenvalue weighted by molar-refractivity contribution is 9.10. The van der Waals surface area contributed by atoms with E-state index in [-0.39, 0.29) is 12.5 Å². The number of hydrogen-bond acceptors (Lipinski definition) is 3. The summed E-state index contributed by atoms with van der Waals surface area (Å²) in [5, 5.41) is 3.31. The Morgan fingerprint density at radius 3 is 2.90 bits per heavy atom. The van der Waals surface area contributed by atoms with Crippen molar-refractivity contribution in [3.05, 3.63) is 51.7 Å². The molecule has 1 N–H and O–H groups in total. The third kappa shape index (κ3) is 4.21. The fraction of sp³-hybridized carbons (Fsp3) is 0.143. The molecule has 0 aliphatic heterocycles. The van der Waals surface area contributed by atoms with Gasteiger partial charge in [-0.05, 0) is 53.2 Å². The summed E-state index contributed by atoms with van der Waals surface area (Å²) in [6.45, 7) is 1.73. The summed E-state index contributed by atoms with van der Waals surface area (Å²) in [4.78, 5) is 16.0. The number of carbonyl (C=O) groups is 1. The quantitative estimate of drug-likeness (QED) is 0.848. The minimum atomic E-state index is -0.253. The van der Waals surface area contributed by atoms with Gasteiger partial charge in [-0.1, -0.05) is 17.7 Å². The van der Waals surface area contributed by atoms with Gasteiger partial charge in [-0.2, -0.15) is 0 Å². The number of rotatable bonds is 4. The largest absolute Gasteiger partial charge is 0.484 e. The Labute approximate surface area is 130 Å². The predicted molar refractivity (Wildman–Crippen MR) is 82.3 cm³/mol. The van der Waals surface area contributed by atoms with Crippen LogP contribution in [0, 0.1) is 6.92 Å². The number of hydrogen-bond donors (Lipinski definition) is 1. The number of ether oxygens (including phenoxy) is 1. The van der Waals surface area contributed by atoms with Gasteiger partial charge in [0.1, 0.15) is 10.4 Å². The standard InChI is InChI=1S/C14H12BrClN2O2/c1-9-12(5-6-13(15)17-9)18-14(19)8-20-11-4-2-3-10(16)7-11/h2-7H,8H2,1H3,(H,18,19). The molecule has 1 heterocycles. The van der Waals surface area contributed by atoms with Gasteiger partial charge in [-0.3, -0.25) is 4.79 Å². The van der Waals surface area contributed by atoms with Gasteiger partial charge in [0, 0.05) is 5.02 Å². The molecule has 2 rings (SSSR count). The van der Waals surface area contributed by atoms with Gasteiger partial charge >= 0.3 is 0 Å². The number of benzene rings is 1. The van der Waals surface area contributed by atoms with E-state index in [0.29, 0.717) is 16.5 Å². The molecule has 1 aromatic carbocycles. The lowest BCUT2D eigenvalue weighted by atomic mass is 10.3. The summed E-state index contributed by atoms with van der Waals surface area (Å²) in [6.07, 6.45) is 0. The monoisotopic (exact) mass is 354 g/mol. The molecule has 1 aromatic heterocycles. The third-order valence-electron chi connectivity index (χ3n) is 2.49. The molecule has 6 heteroatoms. The SMILES string of the molecule is Cc1nc(Br)ccc1NC(=O)COc1cccc(Cl)c1. The van der Waals surface area contributed by atoms with E-state index in [0.717, 1.165) is 10.3 Å². The van der Waals surface area contributed by atoms with Crippen molar-refractivity contribution >= 4 is 39.1 Å². The first kappa shape index (κ1) is 14.8. The van der Waals surface area contributed by atoms with E-state index < -0.39 is 0 Å². The summed E-state index contributed by atoms with van der Waals surface area (Å²) in [5.74, 6) is 0.301. The van der Waals surface area contributed by atoms with E-state index in [1.54, 1.807) is 36.4 Å². The van der Waals surface area contributed by atoms with Crippen molar-refractivity contribution in [3.63, 3.8) is 0 Å². The Kier molecular flexibility index (Phi) is 4.98. The van der Waals surface area contributed by atoms with E-state index in [4.69, 9.17) is 16.3 Å². The van der Waals surface area contributed by atoms with Crippen molar-refractivity contribution in [1.82, 2.24) is 4.98 Å². The molecule has 1 amide bonds. The average Bonchev–Trinajstić information content (AvgIpc) is 2.40. The first-order valence-corrected chi connectivity index (χ1v) is 7.03. The van der Waals surface area contributed by atoms with E-state index in [2.05, 4.69) is 26.2 Å². The van der Waals surface area contributed by atoms with Crippen molar-refractivity contribution < 1.29 is 9.53 Å². The molecule has 0 fully saturated rings. The first-order valence-electron chi connectivity index (χ1n) is 5.86. The van der Waals surface area contributed by atoms with Crippen LogP contribution >= 0.6 is 27.5 Å². The normalized spacial score (nSPS) is 10.2. The minimum absolute atomic E-state index is 0.0875. The van der Waals surface area contributed by atoms with Crippen molar-refractivity contribution in [2.24, 2.45) is 0 Å². The van der Waals surface area contributed by atoms with Gasteiger partial charge < -0.3 is 10.1 Å². The number of anilines is 1. The van der Waals surface area contributed by atoms with Crippen LogP contribution in [0.25, 0.3) is 0 Å². The maximum Gasteiger partial charge on any atom is 0.262 e. The highest BCUT2D eigenvalue weighted by Crippen LogP contribution is 2.18. The second-order valence-corrected chi connectivity index (χ2v) is 5.31. The molecule has 0 radical (unpaired) electrons. The van der Waals surface area contributed by atoms with Crippen molar-refractivity contribution in [1.29, 1.82) is 0 Å². The molecule has 0 spiro atoms. The van der Waals surface area contributed by atoms with Crippen LogP contribution in [-0.2, 0) is 4.79 Å². The lowest BCUT2D eigenvalue weighted by molar-refractivity contribution is -0.118. The van der Waals surface area contributed by atoms with Crippen LogP contribution in [0.1, 0.15) is 5.69 Å². The molecule has 20 heavy (non-hydrogen) atoms. The highest BCUT2D eigenvalue weighted by atomic mass is 79.9. The second kappa shape index (κ2) is 6.72. The summed E-state index contributed by atoms with van der Waals surface area (Å²) in [7, 11) is 0. The van der Waals surface area contributed by atoms with E-state index in [9.17, 15) is 4.79 Å². The number of nitrogens with zero attached hydrogens (tertiary/aromatic N) is 1. The number of halogens is 2. The number of aromatic nitrogens is 1. The molecule has 104 valence electrons. The minimum Gasteiger partial charge on any atom is -0.484 e. The molecule has 4 nitrogen and oxygen atoms in total. The fourth-order valence-corrected chi connectivity index (χ4v) is 2.13. The molecular formula is C14H12BrClN2O2. The second-order valence-electron chi connectivity index (χ2n) is 4.06. The summed E-state index contributed by atoms with van der Waals surface area (Å²) in [5.41, 5.74) is 1.39. The van der Waals surface area contributed by atoms with Crippen LogP contribution in [0.15, 0.2) is 41.0 Å². The smallest absolute Gasteiger partial charge is 0.262 e. The lowest BCUT2D eigenvalue weighted by Gasteiger charge is -2.09. The molecular weight excluding hydrogens is 344 g/mol. The van der Waals surface area contributed by atoms with Crippen molar-refractivity contribution in [2.75, 3.05) is 11.9 Å².